The van der Waals surface area contributed by atoms with Gasteiger partial charge in [-0.15, -0.1) is 0 Å². The lowest BCUT2D eigenvalue weighted by Gasteiger charge is -2.05. The molecule has 3 N–H and O–H groups in total. The van der Waals surface area contributed by atoms with Gasteiger partial charge in [0.15, 0.2) is 5.65 Å². The zero-order chi connectivity index (χ0) is 10.1. The van der Waals surface area contributed by atoms with Crippen molar-refractivity contribution in [2.75, 3.05) is 0 Å². The number of rotatable bonds is 2. The van der Waals surface area contributed by atoms with E-state index >= 15 is 0 Å². The van der Waals surface area contributed by atoms with Crippen molar-refractivity contribution in [1.82, 2.24) is 14.6 Å². The standard InChI is InChI=1S/C8H8N4O2/c9-7(8(13)14)5-1-2-12-6(3-5)10-4-11-12/h1-4,7H,9H2,(H,13,14). The molecule has 2 rings (SSSR count). The van der Waals surface area contributed by atoms with Crippen LogP contribution in [0.5, 0.6) is 0 Å². The zero-order valence-electron chi connectivity index (χ0n) is 7.16. The fraction of sp³-hybridized carbons (Fsp3) is 0.125. The Kier molecular flexibility index (Phi) is 1.90. The van der Waals surface area contributed by atoms with E-state index in [2.05, 4.69) is 10.1 Å². The molecule has 72 valence electrons. The number of hydrogen-bond acceptors (Lipinski definition) is 4. The van der Waals surface area contributed by atoms with Crippen LogP contribution >= 0.6 is 0 Å². The lowest BCUT2D eigenvalue weighted by Crippen LogP contribution is -2.20. The summed E-state index contributed by atoms with van der Waals surface area (Å²) < 4.78 is 1.54. The van der Waals surface area contributed by atoms with Gasteiger partial charge in [-0.2, -0.15) is 5.10 Å². The Morgan fingerprint density at radius 3 is 3.14 bits per heavy atom. The first kappa shape index (κ1) is 8.64. The molecule has 0 aromatic carbocycles. The molecule has 6 nitrogen and oxygen atoms in total. The highest BCUT2D eigenvalue weighted by Crippen LogP contribution is 2.11. The van der Waals surface area contributed by atoms with E-state index in [9.17, 15) is 4.79 Å². The molecule has 1 atom stereocenters. The molecule has 0 aliphatic heterocycles. The third-order valence-corrected chi connectivity index (χ3v) is 1.93. The number of nitrogens with two attached hydrogens (primary N) is 1. The minimum Gasteiger partial charge on any atom is -0.480 e. The zero-order valence-corrected chi connectivity index (χ0v) is 7.16. The van der Waals surface area contributed by atoms with Gasteiger partial charge < -0.3 is 10.8 Å². The fourth-order valence-corrected chi connectivity index (χ4v) is 1.17. The van der Waals surface area contributed by atoms with E-state index in [-0.39, 0.29) is 0 Å². The quantitative estimate of drug-likeness (QED) is 0.688. The van der Waals surface area contributed by atoms with Crippen molar-refractivity contribution in [2.45, 2.75) is 6.04 Å². The van der Waals surface area contributed by atoms with Crippen LogP contribution in [0.4, 0.5) is 0 Å². The lowest BCUT2D eigenvalue weighted by atomic mass is 10.1. The molecule has 2 heterocycles. The number of nitrogens with zero attached hydrogens (tertiary/aromatic N) is 3. The molecule has 0 spiro atoms. The van der Waals surface area contributed by atoms with Crippen molar-refractivity contribution in [3.63, 3.8) is 0 Å². The molecule has 0 saturated carbocycles. The first-order valence-electron chi connectivity index (χ1n) is 3.96. The van der Waals surface area contributed by atoms with E-state index in [4.69, 9.17) is 10.8 Å². The number of aromatic nitrogens is 3. The number of fused-ring (bicyclic) bond motifs is 1. The molecule has 0 bridgehead atoms. The molecule has 6 heteroatoms. The Morgan fingerprint density at radius 2 is 2.43 bits per heavy atom. The summed E-state index contributed by atoms with van der Waals surface area (Å²) in [5.41, 5.74) is 6.54. The van der Waals surface area contributed by atoms with Crippen LogP contribution < -0.4 is 5.73 Å². The van der Waals surface area contributed by atoms with E-state index in [0.717, 1.165) is 0 Å². The van der Waals surface area contributed by atoms with E-state index in [1.807, 2.05) is 0 Å². The van der Waals surface area contributed by atoms with Crippen LogP contribution in [0.25, 0.3) is 5.65 Å². The van der Waals surface area contributed by atoms with Crippen LogP contribution in [0, 0.1) is 0 Å². The first-order chi connectivity index (χ1) is 6.68. The topological polar surface area (TPSA) is 93.5 Å². The maximum absolute atomic E-state index is 10.6. The van der Waals surface area contributed by atoms with E-state index in [1.165, 1.54) is 10.8 Å². The highest BCUT2D eigenvalue weighted by Gasteiger charge is 2.14. The Balaban J connectivity index is 2.48. The summed E-state index contributed by atoms with van der Waals surface area (Å²) in [6, 6.07) is 2.20. The van der Waals surface area contributed by atoms with E-state index in [1.54, 1.807) is 18.3 Å². The highest BCUT2D eigenvalue weighted by atomic mass is 16.4. The minimum atomic E-state index is -1.06. The van der Waals surface area contributed by atoms with Crippen molar-refractivity contribution < 1.29 is 9.90 Å². The fourth-order valence-electron chi connectivity index (χ4n) is 1.17. The van der Waals surface area contributed by atoms with Crippen molar-refractivity contribution in [2.24, 2.45) is 5.73 Å². The van der Waals surface area contributed by atoms with Crippen molar-refractivity contribution >= 4 is 11.6 Å². The average Bonchev–Trinajstić information content (AvgIpc) is 2.62. The largest absolute Gasteiger partial charge is 0.480 e. The second kappa shape index (κ2) is 3.08. The molecule has 0 saturated heterocycles. The number of pyridine rings is 1. The third-order valence-electron chi connectivity index (χ3n) is 1.93. The van der Waals surface area contributed by atoms with Crippen LogP contribution in [0.3, 0.4) is 0 Å². The Hall–Kier alpha value is -1.95. The van der Waals surface area contributed by atoms with Crippen LogP contribution in [0.15, 0.2) is 24.7 Å². The summed E-state index contributed by atoms with van der Waals surface area (Å²) in [6.07, 6.45) is 3.02. The highest BCUT2D eigenvalue weighted by molar-refractivity contribution is 5.75. The minimum absolute atomic E-state index is 0.512. The van der Waals surface area contributed by atoms with E-state index in [0.29, 0.717) is 11.2 Å². The molecule has 2 aromatic heterocycles. The van der Waals surface area contributed by atoms with Gasteiger partial charge in [0, 0.05) is 6.20 Å². The predicted octanol–water partition coefficient (Wildman–Crippen LogP) is -0.186. The van der Waals surface area contributed by atoms with Gasteiger partial charge in [-0.3, -0.25) is 4.79 Å². The van der Waals surface area contributed by atoms with Crippen LogP contribution in [-0.4, -0.2) is 25.7 Å². The number of aliphatic carboxylic acids is 1. The van der Waals surface area contributed by atoms with Gasteiger partial charge >= 0.3 is 5.97 Å². The Labute approximate surface area is 79.0 Å². The summed E-state index contributed by atoms with van der Waals surface area (Å²) in [4.78, 5) is 14.5. The first-order valence-corrected chi connectivity index (χ1v) is 3.96. The van der Waals surface area contributed by atoms with Crippen LogP contribution in [0.1, 0.15) is 11.6 Å². The van der Waals surface area contributed by atoms with Gasteiger partial charge in [-0.1, -0.05) is 0 Å². The number of carboxylic acid groups (broad SMARTS) is 1. The van der Waals surface area contributed by atoms with Gasteiger partial charge in [0.1, 0.15) is 12.4 Å². The number of carboxylic acids is 1. The molecule has 1 unspecified atom stereocenters. The maximum atomic E-state index is 10.6. The molecule has 0 amide bonds. The smallest absolute Gasteiger partial charge is 0.325 e. The molecule has 0 radical (unpaired) electrons. The number of carbonyl (C=O) groups is 1. The summed E-state index contributed by atoms with van der Waals surface area (Å²) in [7, 11) is 0. The molecule has 0 aliphatic rings. The SMILES string of the molecule is NC(C(=O)O)c1ccn2ncnc2c1. The second-order valence-corrected chi connectivity index (χ2v) is 2.84. The van der Waals surface area contributed by atoms with Gasteiger partial charge in [0.25, 0.3) is 0 Å². The summed E-state index contributed by atoms with van der Waals surface area (Å²) in [5.74, 6) is -1.06. The van der Waals surface area contributed by atoms with Gasteiger partial charge in [0.05, 0.1) is 0 Å². The number of hydrogen-bond donors (Lipinski definition) is 2. The average molecular weight is 192 g/mol. The van der Waals surface area contributed by atoms with Gasteiger partial charge in [-0.05, 0) is 17.7 Å². The molecule has 14 heavy (non-hydrogen) atoms. The van der Waals surface area contributed by atoms with Gasteiger partial charge in [0.2, 0.25) is 0 Å². The van der Waals surface area contributed by atoms with Gasteiger partial charge in [-0.25, -0.2) is 9.50 Å². The van der Waals surface area contributed by atoms with Crippen molar-refractivity contribution in [1.29, 1.82) is 0 Å². The Morgan fingerprint density at radius 1 is 1.64 bits per heavy atom. The predicted molar refractivity (Wildman–Crippen MR) is 47.6 cm³/mol. The van der Waals surface area contributed by atoms with E-state index < -0.39 is 12.0 Å². The second-order valence-electron chi connectivity index (χ2n) is 2.84. The summed E-state index contributed by atoms with van der Waals surface area (Å²) >= 11 is 0. The molecule has 2 aromatic rings. The molecular formula is C8H8N4O2. The maximum Gasteiger partial charge on any atom is 0.325 e. The molecular weight excluding hydrogens is 184 g/mol. The summed E-state index contributed by atoms with van der Waals surface area (Å²) in [6.45, 7) is 0. The van der Waals surface area contributed by atoms with Crippen LogP contribution in [0.2, 0.25) is 0 Å². The van der Waals surface area contributed by atoms with Crippen molar-refractivity contribution in [3.05, 3.63) is 30.2 Å². The third kappa shape index (κ3) is 1.31. The Bertz CT molecular complexity index is 479. The normalized spacial score (nSPS) is 12.9. The molecule has 0 fully saturated rings. The molecule has 0 aliphatic carbocycles. The van der Waals surface area contributed by atoms with Crippen LogP contribution in [-0.2, 0) is 4.79 Å². The monoisotopic (exact) mass is 192 g/mol. The summed E-state index contributed by atoms with van der Waals surface area (Å²) in [5, 5.41) is 12.6. The lowest BCUT2D eigenvalue weighted by molar-refractivity contribution is -0.138. The van der Waals surface area contributed by atoms with Crippen molar-refractivity contribution in [3.8, 4) is 0 Å².